The number of hydrogen-bond acceptors (Lipinski definition) is 3. The van der Waals surface area contributed by atoms with Crippen LogP contribution in [0, 0.1) is 19.9 Å². The zero-order valence-corrected chi connectivity index (χ0v) is 24.2. The van der Waals surface area contributed by atoms with Crippen molar-refractivity contribution in [3.05, 3.63) is 114 Å². The van der Waals surface area contributed by atoms with Gasteiger partial charge in [0.25, 0.3) is 0 Å². The number of hydrogen-bond donors (Lipinski definition) is 1. The van der Waals surface area contributed by atoms with Crippen LogP contribution in [-0.2, 0) is 24.9 Å². The summed E-state index contributed by atoms with van der Waals surface area (Å²) >= 11 is 0. The number of nitrogens with zero attached hydrogens (tertiary/aromatic N) is 1. The third-order valence-corrected chi connectivity index (χ3v) is 6.49. The summed E-state index contributed by atoms with van der Waals surface area (Å²) in [6.07, 6.45) is 3.09. The Kier molecular flexibility index (Phi) is 8.06. The van der Waals surface area contributed by atoms with E-state index in [0.29, 0.717) is 0 Å². The summed E-state index contributed by atoms with van der Waals surface area (Å²) in [5.74, 6) is -0.0625. The Morgan fingerprint density at radius 2 is 1.45 bits per heavy atom. The molecule has 1 N–H and O–H groups in total. The van der Waals surface area contributed by atoms with Gasteiger partial charge in [0.05, 0.1) is 5.76 Å². The first-order chi connectivity index (χ1) is 17.8. The van der Waals surface area contributed by atoms with E-state index in [2.05, 4.69) is 98.8 Å². The third kappa shape index (κ3) is 5.38. The quantitative estimate of drug-likeness (QED) is 0.0865. The minimum atomic E-state index is -0.125. The Balaban J connectivity index is 0.000000375. The van der Waals surface area contributed by atoms with E-state index in [1.54, 1.807) is 0 Å². The molecule has 0 fully saturated rings. The zero-order valence-electron chi connectivity index (χ0n) is 21.8. The van der Waals surface area contributed by atoms with E-state index in [4.69, 9.17) is 10.1 Å². The van der Waals surface area contributed by atoms with Gasteiger partial charge in [0.2, 0.25) is 0 Å². The summed E-state index contributed by atoms with van der Waals surface area (Å²) in [5, 5.41) is 18.1. The van der Waals surface area contributed by atoms with Crippen molar-refractivity contribution in [2.24, 2.45) is 0 Å². The van der Waals surface area contributed by atoms with Crippen LogP contribution in [0.25, 0.3) is 54.3 Å². The van der Waals surface area contributed by atoms with Crippen LogP contribution in [0.2, 0.25) is 0 Å². The van der Waals surface area contributed by atoms with Crippen LogP contribution in [0.4, 0.5) is 0 Å². The molecule has 0 unspecified atom stereocenters. The van der Waals surface area contributed by atoms with E-state index in [1.165, 1.54) is 68.8 Å². The van der Waals surface area contributed by atoms with Gasteiger partial charge >= 0.3 is 0 Å². The smallest absolute Gasteiger partial charge is 0.155 e. The number of carbonyl (C=O) groups excluding carboxylic acids is 1. The van der Waals surface area contributed by atoms with E-state index in [-0.39, 0.29) is 31.6 Å². The van der Waals surface area contributed by atoms with Gasteiger partial charge in [-0.3, -0.25) is 9.78 Å². The Labute approximate surface area is 236 Å². The molecule has 0 saturated carbocycles. The monoisotopic (exact) mass is 675 g/mol. The van der Waals surface area contributed by atoms with Crippen molar-refractivity contribution >= 4 is 48.9 Å². The van der Waals surface area contributed by atoms with Crippen LogP contribution in [0.1, 0.15) is 25.0 Å². The molecule has 6 rings (SSSR count). The maximum Gasteiger partial charge on any atom is 0.155 e. The molecule has 0 amide bonds. The Morgan fingerprint density at radius 1 is 0.763 bits per heavy atom. The summed E-state index contributed by atoms with van der Waals surface area (Å²) in [5.41, 5.74) is 4.59. The second-order valence-corrected chi connectivity index (χ2v) is 9.54. The van der Waals surface area contributed by atoms with Gasteiger partial charge in [-0.25, -0.2) is 0 Å². The number of aliphatic hydroxyl groups is 1. The number of carbonyl (C=O) groups is 1. The summed E-state index contributed by atoms with van der Waals surface area (Å²) in [4.78, 5) is 14.9. The van der Waals surface area contributed by atoms with Crippen molar-refractivity contribution in [3.8, 4) is 11.3 Å². The molecule has 3 nitrogen and oxygen atoms in total. The summed E-state index contributed by atoms with van der Waals surface area (Å²) in [7, 11) is 0. The summed E-state index contributed by atoms with van der Waals surface area (Å²) < 4.78 is 0. The zero-order chi connectivity index (χ0) is 26.1. The second-order valence-electron chi connectivity index (χ2n) is 9.54. The van der Waals surface area contributed by atoms with Crippen LogP contribution in [0.3, 0.4) is 0 Å². The van der Waals surface area contributed by atoms with Crippen LogP contribution in [0.5, 0.6) is 0 Å². The molecule has 0 aliphatic heterocycles. The summed E-state index contributed by atoms with van der Waals surface area (Å²) in [6.45, 7) is 7.15. The number of rotatable bonds is 2. The average molecular weight is 675 g/mol. The third-order valence-electron chi connectivity index (χ3n) is 6.49. The van der Waals surface area contributed by atoms with E-state index in [1.807, 2.05) is 6.20 Å². The number of aryl methyl sites for hydroxylation is 2. The molecule has 0 aliphatic carbocycles. The number of allylic oxidation sites excluding steroid dienone is 2. The van der Waals surface area contributed by atoms with E-state index < -0.39 is 0 Å². The molecule has 38 heavy (non-hydrogen) atoms. The summed E-state index contributed by atoms with van der Waals surface area (Å²) in [6, 6.07) is 32.1. The maximum atomic E-state index is 10.0. The van der Waals surface area contributed by atoms with Gasteiger partial charge in [0.15, 0.2) is 5.78 Å². The van der Waals surface area contributed by atoms with Gasteiger partial charge < -0.3 is 5.11 Å². The normalized spacial score (nSPS) is 11.3. The van der Waals surface area contributed by atoms with Gasteiger partial charge in [0, 0.05) is 38.1 Å². The van der Waals surface area contributed by atoms with Gasteiger partial charge in [-0.1, -0.05) is 99.6 Å². The van der Waals surface area contributed by atoms with Crippen molar-refractivity contribution in [1.82, 2.24) is 4.98 Å². The number of benzene rings is 5. The van der Waals surface area contributed by atoms with Gasteiger partial charge in [-0.15, -0.1) is 17.5 Å². The second kappa shape index (κ2) is 11.3. The molecule has 1 heterocycles. The average Bonchev–Trinajstić information content (AvgIpc) is 2.87. The fourth-order valence-corrected chi connectivity index (χ4v) is 4.91. The molecular formula is C34H28IrNO2-. The molecule has 5 aromatic carbocycles. The molecular weight excluding hydrogens is 647 g/mol. The Morgan fingerprint density at radius 3 is 2.16 bits per heavy atom. The first-order valence-electron chi connectivity index (χ1n) is 12.3. The number of ketones is 1. The van der Waals surface area contributed by atoms with E-state index >= 15 is 0 Å². The van der Waals surface area contributed by atoms with Gasteiger partial charge in [-0.2, -0.15) is 0 Å². The topological polar surface area (TPSA) is 50.2 Å². The molecule has 4 heteroatoms. The molecule has 0 bridgehead atoms. The fraction of sp³-hybridized carbons (Fsp3) is 0.118. The van der Waals surface area contributed by atoms with Crippen molar-refractivity contribution in [1.29, 1.82) is 0 Å². The largest absolute Gasteiger partial charge is 0.512 e. The number of fused-ring (bicyclic) bond motifs is 6. The fourth-order valence-electron chi connectivity index (χ4n) is 4.91. The molecule has 191 valence electrons. The molecule has 0 spiro atoms. The predicted octanol–water partition coefficient (Wildman–Crippen LogP) is 8.81. The molecule has 0 aliphatic rings. The van der Waals surface area contributed by atoms with E-state index in [9.17, 15) is 4.79 Å². The predicted molar refractivity (Wildman–Crippen MR) is 155 cm³/mol. The minimum absolute atomic E-state index is 0. The standard InChI is InChI=1S/C29H20N.C5H8O2.Ir/c1-18-7-9-21-17-28(23-11-8-19(2)16-27(23)26(21)15-18)29-25-12-10-20-5-3-4-6-22(20)24(25)13-14-30-29;1-4(6)3-5(2)7;/h3-16H,1-2H3;3,6H,1-2H3;/q-1;;/b;4-3-;. The molecule has 1 radical (unpaired) electrons. The van der Waals surface area contributed by atoms with Crippen LogP contribution >= 0.6 is 0 Å². The van der Waals surface area contributed by atoms with Crippen LogP contribution in [-0.4, -0.2) is 15.9 Å². The number of aromatic nitrogens is 1. The van der Waals surface area contributed by atoms with Gasteiger partial charge in [-0.05, 0) is 55.3 Å². The Bertz CT molecular complexity index is 1850. The van der Waals surface area contributed by atoms with Crippen molar-refractivity contribution < 1.29 is 30.0 Å². The first kappa shape index (κ1) is 27.2. The number of pyridine rings is 1. The first-order valence-corrected chi connectivity index (χ1v) is 12.3. The van der Waals surface area contributed by atoms with Crippen molar-refractivity contribution in [2.45, 2.75) is 27.7 Å². The SMILES string of the molecule is CC(=O)/C=C(/C)O.Cc1ccc2[c-]c(-c3nccc4c3ccc3ccccc34)c3ccc(C)cc3c2c1.[Ir]. The van der Waals surface area contributed by atoms with Crippen molar-refractivity contribution in [2.75, 3.05) is 0 Å². The number of aliphatic hydroxyl groups excluding tert-OH is 1. The maximum absolute atomic E-state index is 10.0. The van der Waals surface area contributed by atoms with E-state index in [0.717, 1.165) is 16.6 Å². The van der Waals surface area contributed by atoms with Crippen molar-refractivity contribution in [3.63, 3.8) is 0 Å². The molecule has 6 aromatic rings. The Hall–Kier alpha value is -3.85. The molecule has 1 aromatic heterocycles. The minimum Gasteiger partial charge on any atom is -0.512 e. The van der Waals surface area contributed by atoms with Crippen LogP contribution in [0.15, 0.2) is 96.9 Å². The van der Waals surface area contributed by atoms with Gasteiger partial charge in [0.1, 0.15) is 0 Å². The van der Waals surface area contributed by atoms with Crippen LogP contribution < -0.4 is 0 Å². The molecule has 0 atom stereocenters. The molecule has 0 saturated heterocycles.